The fourth-order valence-corrected chi connectivity index (χ4v) is 8.26. The highest BCUT2D eigenvalue weighted by molar-refractivity contribution is 6.07. The van der Waals surface area contributed by atoms with Gasteiger partial charge in [-0.3, -0.25) is 0 Å². The van der Waals surface area contributed by atoms with Gasteiger partial charge in [-0.2, -0.15) is 4.57 Å². The normalized spacial score (nSPS) is 14.5. The van der Waals surface area contributed by atoms with Gasteiger partial charge >= 0.3 is 0 Å². The Balaban J connectivity index is 1.32. The Labute approximate surface area is 260 Å². The van der Waals surface area contributed by atoms with Gasteiger partial charge in [-0.1, -0.05) is 71.4 Å². The number of ether oxygens (including phenoxy) is 1. The molecule has 0 saturated carbocycles. The predicted molar refractivity (Wildman–Crippen MR) is 178 cm³/mol. The first-order valence-corrected chi connectivity index (χ1v) is 15.6. The van der Waals surface area contributed by atoms with Crippen LogP contribution >= 0.6 is 0 Å². The molecule has 45 heavy (non-hydrogen) atoms. The second-order valence-corrected chi connectivity index (χ2v) is 12.3. The molecule has 8 aromatic rings. The van der Waals surface area contributed by atoms with Crippen molar-refractivity contribution in [1.29, 1.82) is 0 Å². The summed E-state index contributed by atoms with van der Waals surface area (Å²) >= 11 is 0. The quantitative estimate of drug-likeness (QED) is 0.189. The molecule has 5 nitrogen and oxygen atoms in total. The molecule has 1 unspecified atom stereocenters. The number of benzene rings is 5. The van der Waals surface area contributed by atoms with E-state index in [-0.39, 0.29) is 6.04 Å². The van der Waals surface area contributed by atoms with E-state index in [1.807, 2.05) is 0 Å². The van der Waals surface area contributed by atoms with Crippen molar-refractivity contribution < 1.29 is 14.0 Å². The van der Waals surface area contributed by atoms with Crippen LogP contribution in [-0.2, 0) is 7.05 Å². The second-order valence-electron chi connectivity index (χ2n) is 12.3. The molecule has 2 aliphatic heterocycles. The third-order valence-corrected chi connectivity index (χ3v) is 10.0. The van der Waals surface area contributed by atoms with E-state index in [0.717, 1.165) is 22.8 Å². The minimum absolute atomic E-state index is 0.0520. The van der Waals surface area contributed by atoms with Gasteiger partial charge in [0.15, 0.2) is 0 Å². The van der Waals surface area contributed by atoms with Crippen molar-refractivity contribution in [2.75, 3.05) is 0 Å². The van der Waals surface area contributed by atoms with Crippen LogP contribution in [0.5, 0.6) is 11.5 Å². The number of fused-ring (bicyclic) bond motifs is 9. The average molecular weight is 583 g/mol. The third-order valence-electron chi connectivity index (χ3n) is 10.0. The molecule has 0 fully saturated rings. The molecule has 0 bridgehead atoms. The van der Waals surface area contributed by atoms with Crippen LogP contribution in [0.4, 0.5) is 0 Å². The van der Waals surface area contributed by atoms with Gasteiger partial charge in [-0.25, -0.2) is 4.57 Å². The maximum atomic E-state index is 6.77. The predicted octanol–water partition coefficient (Wildman–Crippen LogP) is 8.18. The lowest BCUT2D eigenvalue weighted by atomic mass is 9.91. The molecule has 0 aliphatic carbocycles. The van der Waals surface area contributed by atoms with Gasteiger partial charge in [0.25, 0.3) is 5.65 Å². The maximum absolute atomic E-state index is 6.77. The zero-order valence-electron chi connectivity index (χ0n) is 25.3. The molecule has 1 atom stereocenters. The highest BCUT2D eigenvalue weighted by atomic mass is 16.5. The lowest BCUT2D eigenvalue weighted by Crippen LogP contribution is -2.46. The van der Waals surface area contributed by atoms with Crippen LogP contribution in [0.15, 0.2) is 121 Å². The van der Waals surface area contributed by atoms with Crippen molar-refractivity contribution in [1.82, 2.24) is 9.25 Å². The van der Waals surface area contributed by atoms with Crippen LogP contribution in [0.1, 0.15) is 28.6 Å². The Bertz CT molecular complexity index is 2560. The fraction of sp³-hybridized carbons (Fsp3) is 0.100. The lowest BCUT2D eigenvalue weighted by molar-refractivity contribution is -0.771. The van der Waals surface area contributed by atoms with Gasteiger partial charge < -0.3 is 4.74 Å². The van der Waals surface area contributed by atoms with E-state index in [1.165, 1.54) is 66.4 Å². The topological polar surface area (TPSA) is 26.8 Å². The summed E-state index contributed by atoms with van der Waals surface area (Å²) in [7, 11) is 2.14. The van der Waals surface area contributed by atoms with Crippen LogP contribution in [0.3, 0.4) is 0 Å². The summed E-state index contributed by atoms with van der Waals surface area (Å²) in [6.07, 6.45) is 2.14. The van der Waals surface area contributed by atoms with Crippen LogP contribution < -0.4 is 14.0 Å². The zero-order valence-corrected chi connectivity index (χ0v) is 25.3. The Kier molecular flexibility index (Phi) is 4.78. The molecule has 2 aliphatic rings. The number of hydrogen-bond acceptors (Lipinski definition) is 1. The molecular weight excluding hydrogens is 552 g/mol. The van der Waals surface area contributed by atoms with Gasteiger partial charge in [0.05, 0.1) is 35.5 Å². The highest BCUT2D eigenvalue weighted by Gasteiger charge is 2.50. The second kappa shape index (κ2) is 8.70. The minimum Gasteiger partial charge on any atom is -0.456 e. The SMILES string of the molecule is Cc1c(-c2cccc3ccccc23)c(C)[n+]2n1-c1cccc3c1C2c1c(cccc1-n1c2ccccc2c2ccc[n+](C)c21)O3. The largest absolute Gasteiger partial charge is 0.456 e. The number of para-hydroxylation sites is 1. The molecule has 0 amide bonds. The molecule has 214 valence electrons. The Morgan fingerprint density at radius 2 is 1.31 bits per heavy atom. The van der Waals surface area contributed by atoms with Crippen molar-refractivity contribution in [2.45, 2.75) is 19.9 Å². The van der Waals surface area contributed by atoms with Crippen LogP contribution in [0, 0.1) is 13.8 Å². The summed E-state index contributed by atoms with van der Waals surface area (Å²) in [6, 6.07) is 41.4. The van der Waals surface area contributed by atoms with Gasteiger partial charge in [0.1, 0.15) is 34.0 Å². The minimum atomic E-state index is -0.0520. The maximum Gasteiger partial charge on any atom is 0.294 e. The smallest absolute Gasteiger partial charge is 0.294 e. The van der Waals surface area contributed by atoms with Gasteiger partial charge in [-0.15, -0.1) is 4.68 Å². The summed E-state index contributed by atoms with van der Waals surface area (Å²) in [6.45, 7) is 4.54. The summed E-state index contributed by atoms with van der Waals surface area (Å²) in [5.41, 5.74) is 12.1. The van der Waals surface area contributed by atoms with E-state index >= 15 is 0 Å². The van der Waals surface area contributed by atoms with Gasteiger partial charge in [0.2, 0.25) is 11.7 Å². The fourth-order valence-electron chi connectivity index (χ4n) is 8.26. The first-order chi connectivity index (χ1) is 22.1. The number of nitrogens with zero attached hydrogens (tertiary/aromatic N) is 4. The van der Waals surface area contributed by atoms with Crippen molar-refractivity contribution in [3.8, 4) is 34.0 Å². The molecule has 0 N–H and O–H groups in total. The van der Waals surface area contributed by atoms with Gasteiger partial charge in [-0.05, 0) is 71.8 Å². The molecule has 3 aromatic heterocycles. The number of hydrogen-bond donors (Lipinski definition) is 0. The van der Waals surface area contributed by atoms with Crippen molar-refractivity contribution in [3.05, 3.63) is 144 Å². The summed E-state index contributed by atoms with van der Waals surface area (Å²) < 4.78 is 16.4. The van der Waals surface area contributed by atoms with E-state index in [1.54, 1.807) is 0 Å². The van der Waals surface area contributed by atoms with E-state index in [2.05, 4.69) is 161 Å². The molecule has 5 heterocycles. The lowest BCUT2D eigenvalue weighted by Gasteiger charge is -2.23. The monoisotopic (exact) mass is 582 g/mol. The average Bonchev–Trinajstić information content (AvgIpc) is 3.68. The molecule has 0 spiro atoms. The van der Waals surface area contributed by atoms with E-state index in [4.69, 9.17) is 4.74 Å². The van der Waals surface area contributed by atoms with E-state index < -0.39 is 0 Å². The molecule has 10 rings (SSSR count). The van der Waals surface area contributed by atoms with Crippen molar-refractivity contribution >= 4 is 32.7 Å². The Morgan fingerprint density at radius 1 is 0.644 bits per heavy atom. The van der Waals surface area contributed by atoms with E-state index in [9.17, 15) is 0 Å². The van der Waals surface area contributed by atoms with E-state index in [0.29, 0.717) is 0 Å². The zero-order chi connectivity index (χ0) is 30.0. The van der Waals surface area contributed by atoms with Gasteiger partial charge in [0, 0.05) is 12.3 Å². The van der Waals surface area contributed by atoms with Crippen molar-refractivity contribution in [2.24, 2.45) is 7.05 Å². The standard InChI is InChI=1S/C40H30N4O/c1-24-36(29-16-8-13-26-12-4-5-14-27(26)29)25(2)44-39-37-32(19-9-21-34(37)45-35-22-10-20-33(38(35)39)43(24)44)42-31-18-7-6-15-28(31)30-17-11-23-41(3)40(30)42/h4-23,39H,1-3H3/q+2. The molecule has 0 saturated heterocycles. The summed E-state index contributed by atoms with van der Waals surface area (Å²) in [5.74, 6) is 1.83. The third kappa shape index (κ3) is 3.07. The number of aromatic nitrogens is 4. The number of rotatable bonds is 2. The van der Waals surface area contributed by atoms with Crippen LogP contribution in [0.2, 0.25) is 0 Å². The first-order valence-electron chi connectivity index (χ1n) is 15.6. The summed E-state index contributed by atoms with van der Waals surface area (Å²) in [4.78, 5) is 0. The van der Waals surface area contributed by atoms with Crippen LogP contribution in [-0.4, -0.2) is 9.25 Å². The Morgan fingerprint density at radius 3 is 2.16 bits per heavy atom. The Hall–Kier alpha value is -5.68. The molecule has 5 aromatic carbocycles. The molecule has 5 heteroatoms. The molecular formula is C40H30N4O+2. The first kappa shape index (κ1) is 24.7. The summed E-state index contributed by atoms with van der Waals surface area (Å²) in [5, 5.41) is 5.01. The van der Waals surface area contributed by atoms with Crippen LogP contribution in [0.25, 0.3) is 55.2 Å². The molecule has 0 radical (unpaired) electrons. The highest BCUT2D eigenvalue weighted by Crippen LogP contribution is 2.52. The van der Waals surface area contributed by atoms with Crippen molar-refractivity contribution in [3.63, 3.8) is 0 Å². The number of pyridine rings is 1. The number of aryl methyl sites for hydroxylation is 1.